The summed E-state index contributed by atoms with van der Waals surface area (Å²) >= 11 is 0. The number of aliphatic hydroxyl groups excluding tert-OH is 1. The van der Waals surface area contributed by atoms with E-state index in [-0.39, 0.29) is 0 Å². The Morgan fingerprint density at radius 1 is 0.905 bits per heavy atom. The predicted molar refractivity (Wildman–Crippen MR) is 86.2 cm³/mol. The van der Waals surface area contributed by atoms with Gasteiger partial charge in [-0.3, -0.25) is 0 Å². The number of benzene rings is 1. The molecular weight excluding hydrogens is 286 g/mol. The third-order valence-electron chi connectivity index (χ3n) is 4.64. The van der Waals surface area contributed by atoms with Crippen LogP contribution >= 0.6 is 0 Å². The van der Waals surface area contributed by atoms with Crippen molar-refractivity contribution in [1.29, 1.82) is 0 Å². The summed E-state index contributed by atoms with van der Waals surface area (Å²) in [6.07, 6.45) is -0.791. The minimum absolute atomic E-state index is 0.330. The fraction of sp³-hybridized carbons (Fsp3) is 0.625. The summed E-state index contributed by atoms with van der Waals surface area (Å²) in [4.78, 5) is 0.330. The maximum Gasteiger partial charge on any atom is 0.241 e. The summed E-state index contributed by atoms with van der Waals surface area (Å²) < 4.78 is 28.2. The summed E-state index contributed by atoms with van der Waals surface area (Å²) in [6.45, 7) is 14.5. The van der Waals surface area contributed by atoms with Crippen LogP contribution in [0.2, 0.25) is 0 Å². The smallest absolute Gasteiger partial charge is 0.241 e. The third-order valence-corrected chi connectivity index (χ3v) is 6.59. The Bertz CT molecular complexity index is 630. The Kier molecular flexibility index (Phi) is 4.93. The maximum absolute atomic E-state index is 12.8. The molecule has 2 N–H and O–H groups in total. The van der Waals surface area contributed by atoms with Crippen molar-refractivity contribution >= 4 is 10.0 Å². The molecule has 0 amide bonds. The lowest BCUT2D eigenvalue weighted by atomic mass is 9.95. The van der Waals surface area contributed by atoms with Crippen LogP contribution in [0.25, 0.3) is 0 Å². The van der Waals surface area contributed by atoms with Crippen LogP contribution in [0.1, 0.15) is 48.6 Å². The van der Waals surface area contributed by atoms with Crippen molar-refractivity contribution in [1.82, 2.24) is 4.72 Å². The first-order valence-electron chi connectivity index (χ1n) is 7.12. The molecule has 0 aliphatic rings. The second kappa shape index (κ2) is 5.71. The molecule has 5 heteroatoms. The highest BCUT2D eigenvalue weighted by atomic mass is 32.2. The Morgan fingerprint density at radius 3 is 1.57 bits per heavy atom. The van der Waals surface area contributed by atoms with Gasteiger partial charge in [0.15, 0.2) is 0 Å². The highest BCUT2D eigenvalue weighted by Crippen LogP contribution is 2.30. The van der Waals surface area contributed by atoms with E-state index < -0.39 is 21.7 Å². The van der Waals surface area contributed by atoms with E-state index in [4.69, 9.17) is 0 Å². The molecule has 0 bridgehead atoms. The normalized spacial score (nSPS) is 14.3. The summed E-state index contributed by atoms with van der Waals surface area (Å²) in [6, 6.07) is 0. The zero-order chi connectivity index (χ0) is 16.7. The van der Waals surface area contributed by atoms with Crippen LogP contribution in [0, 0.1) is 34.6 Å². The Balaban J connectivity index is 3.54. The minimum Gasteiger partial charge on any atom is -0.391 e. The van der Waals surface area contributed by atoms with Gasteiger partial charge in [-0.2, -0.15) is 0 Å². The Labute approximate surface area is 128 Å². The lowest BCUT2D eigenvalue weighted by molar-refractivity contribution is 0.111. The monoisotopic (exact) mass is 313 g/mol. The van der Waals surface area contributed by atoms with Gasteiger partial charge in [0, 0.05) is 0 Å². The average Bonchev–Trinajstić information content (AvgIpc) is 2.32. The lowest BCUT2D eigenvalue weighted by Crippen LogP contribution is -2.51. The second-order valence-electron chi connectivity index (χ2n) is 6.46. The van der Waals surface area contributed by atoms with Gasteiger partial charge < -0.3 is 5.11 Å². The molecule has 0 aromatic heterocycles. The molecule has 0 aliphatic heterocycles. The fourth-order valence-corrected chi connectivity index (χ4v) is 4.43. The van der Waals surface area contributed by atoms with Gasteiger partial charge in [0.1, 0.15) is 0 Å². The molecular formula is C16H27NO3S. The first kappa shape index (κ1) is 18.1. The van der Waals surface area contributed by atoms with Gasteiger partial charge in [-0.05, 0) is 83.2 Å². The molecule has 0 heterocycles. The van der Waals surface area contributed by atoms with Crippen molar-refractivity contribution in [3.63, 3.8) is 0 Å². The SMILES string of the molecule is Cc1c(C)c(C)c(S(=O)(=O)NC(C)(C)C(C)O)c(C)c1C. The van der Waals surface area contributed by atoms with Crippen molar-refractivity contribution in [2.45, 2.75) is 71.9 Å². The van der Waals surface area contributed by atoms with Crippen molar-refractivity contribution in [3.05, 3.63) is 27.8 Å². The summed E-state index contributed by atoms with van der Waals surface area (Å²) in [7, 11) is -3.70. The zero-order valence-electron chi connectivity index (χ0n) is 14.2. The van der Waals surface area contributed by atoms with Gasteiger partial charge >= 0.3 is 0 Å². The number of hydrogen-bond donors (Lipinski definition) is 2. The number of sulfonamides is 1. The van der Waals surface area contributed by atoms with Crippen molar-refractivity contribution < 1.29 is 13.5 Å². The van der Waals surface area contributed by atoms with Crippen LogP contribution in [-0.4, -0.2) is 25.2 Å². The number of aliphatic hydroxyl groups is 1. The maximum atomic E-state index is 12.8. The van der Waals surface area contributed by atoms with Crippen LogP contribution in [0.3, 0.4) is 0 Å². The number of rotatable bonds is 4. The highest BCUT2D eigenvalue weighted by Gasteiger charge is 2.33. The topological polar surface area (TPSA) is 66.4 Å². The van der Waals surface area contributed by atoms with E-state index in [1.54, 1.807) is 20.8 Å². The molecule has 4 nitrogen and oxygen atoms in total. The van der Waals surface area contributed by atoms with Crippen molar-refractivity contribution in [2.75, 3.05) is 0 Å². The van der Waals surface area contributed by atoms with Gasteiger partial charge in [0.05, 0.1) is 16.5 Å². The minimum atomic E-state index is -3.70. The van der Waals surface area contributed by atoms with Crippen LogP contribution in [-0.2, 0) is 10.0 Å². The van der Waals surface area contributed by atoms with Gasteiger partial charge in [0.2, 0.25) is 10.0 Å². The molecule has 1 atom stereocenters. The summed E-state index contributed by atoms with van der Waals surface area (Å²) in [5.74, 6) is 0. The molecule has 1 aromatic rings. The molecule has 1 aromatic carbocycles. The van der Waals surface area contributed by atoms with Crippen LogP contribution in [0.5, 0.6) is 0 Å². The molecule has 0 saturated heterocycles. The van der Waals surface area contributed by atoms with E-state index in [1.807, 2.05) is 34.6 Å². The molecule has 0 spiro atoms. The highest BCUT2D eigenvalue weighted by molar-refractivity contribution is 7.89. The summed E-state index contributed by atoms with van der Waals surface area (Å²) in [5, 5.41) is 9.76. The average molecular weight is 313 g/mol. The van der Waals surface area contributed by atoms with Crippen molar-refractivity contribution in [2.24, 2.45) is 0 Å². The lowest BCUT2D eigenvalue weighted by Gasteiger charge is -2.30. The quantitative estimate of drug-likeness (QED) is 0.898. The largest absolute Gasteiger partial charge is 0.391 e. The molecule has 21 heavy (non-hydrogen) atoms. The number of nitrogens with one attached hydrogen (secondary N) is 1. The van der Waals surface area contributed by atoms with E-state index >= 15 is 0 Å². The summed E-state index contributed by atoms with van der Waals surface area (Å²) in [5.41, 5.74) is 3.72. The molecule has 0 radical (unpaired) electrons. The van der Waals surface area contributed by atoms with E-state index in [2.05, 4.69) is 4.72 Å². The first-order valence-corrected chi connectivity index (χ1v) is 8.60. The standard InChI is InChI=1S/C16H27NO3S/c1-9-10(2)12(4)15(13(5)11(9)3)21(19,20)17-16(7,8)14(6)18/h14,17-18H,1-8H3. The second-order valence-corrected chi connectivity index (χ2v) is 8.08. The molecule has 0 saturated carbocycles. The zero-order valence-corrected chi connectivity index (χ0v) is 15.1. The predicted octanol–water partition coefficient (Wildman–Crippen LogP) is 2.67. The molecule has 0 aliphatic carbocycles. The van der Waals surface area contributed by atoms with E-state index in [1.165, 1.54) is 0 Å². The number of hydrogen-bond acceptors (Lipinski definition) is 3. The third kappa shape index (κ3) is 3.30. The first-order chi connectivity index (χ1) is 9.33. The van der Waals surface area contributed by atoms with Gasteiger partial charge in [0.25, 0.3) is 0 Å². The molecule has 0 fully saturated rings. The van der Waals surface area contributed by atoms with Gasteiger partial charge in [-0.1, -0.05) is 0 Å². The molecule has 1 rings (SSSR count). The molecule has 1 unspecified atom stereocenters. The Morgan fingerprint density at radius 2 is 1.24 bits per heavy atom. The van der Waals surface area contributed by atoms with E-state index in [9.17, 15) is 13.5 Å². The van der Waals surface area contributed by atoms with Gasteiger partial charge in [-0.25, -0.2) is 13.1 Å². The van der Waals surface area contributed by atoms with Crippen LogP contribution < -0.4 is 4.72 Å². The van der Waals surface area contributed by atoms with Gasteiger partial charge in [-0.15, -0.1) is 0 Å². The molecule has 120 valence electrons. The fourth-order valence-electron chi connectivity index (χ4n) is 2.35. The van der Waals surface area contributed by atoms with Crippen LogP contribution in [0.4, 0.5) is 0 Å². The van der Waals surface area contributed by atoms with Crippen LogP contribution in [0.15, 0.2) is 4.90 Å². The van der Waals surface area contributed by atoms with E-state index in [0.29, 0.717) is 4.90 Å². The Hall–Kier alpha value is -0.910. The van der Waals surface area contributed by atoms with Crippen molar-refractivity contribution in [3.8, 4) is 0 Å². The van der Waals surface area contributed by atoms with E-state index in [0.717, 1.165) is 27.8 Å².